The Kier molecular flexibility index (Phi) is 5.87. The number of aromatic nitrogens is 3. The number of hydrogen-bond acceptors (Lipinski definition) is 5. The van der Waals surface area contributed by atoms with Gasteiger partial charge in [0.2, 0.25) is 5.91 Å². The number of likely N-dealkylation sites (N-methyl/N-ethyl adjacent to an activating group) is 1. The summed E-state index contributed by atoms with van der Waals surface area (Å²) < 4.78 is 3.91. The number of halogens is 1. The lowest BCUT2D eigenvalue weighted by atomic mass is 10.2. The van der Waals surface area contributed by atoms with Crippen molar-refractivity contribution < 1.29 is 4.79 Å². The van der Waals surface area contributed by atoms with Crippen molar-refractivity contribution in [1.82, 2.24) is 20.1 Å². The topological polar surface area (TPSA) is 63.1 Å². The minimum atomic E-state index is -0.0474. The lowest BCUT2D eigenvalue weighted by Gasteiger charge is -2.15. The van der Waals surface area contributed by atoms with Gasteiger partial charge < -0.3 is 10.2 Å². The lowest BCUT2D eigenvalue weighted by molar-refractivity contribution is -0.119. The van der Waals surface area contributed by atoms with E-state index >= 15 is 0 Å². The number of thiazole rings is 1. The van der Waals surface area contributed by atoms with Gasteiger partial charge in [-0.1, -0.05) is 51.5 Å². The van der Waals surface area contributed by atoms with Crippen LogP contribution >= 0.6 is 27.3 Å². The summed E-state index contributed by atoms with van der Waals surface area (Å²) in [5.41, 5.74) is 4.96. The number of aryl methyl sites for hydroxylation is 2. The smallest absolute Gasteiger partial charge is 0.239 e. The molecule has 0 unspecified atom stereocenters. The molecule has 1 amide bonds. The maximum absolute atomic E-state index is 12.4. The second-order valence-electron chi connectivity index (χ2n) is 7.25. The molecule has 1 N–H and O–H groups in total. The molecule has 30 heavy (non-hydrogen) atoms. The summed E-state index contributed by atoms with van der Waals surface area (Å²) in [6.45, 7) is 4.78. The van der Waals surface area contributed by atoms with Gasteiger partial charge in [0.1, 0.15) is 0 Å². The quantitative estimate of drug-likeness (QED) is 0.434. The molecular weight excluding hydrogens is 462 g/mol. The van der Waals surface area contributed by atoms with Gasteiger partial charge >= 0.3 is 0 Å². The number of nitrogens with one attached hydrogen (secondary N) is 1. The average molecular weight is 484 g/mol. The van der Waals surface area contributed by atoms with E-state index in [0.29, 0.717) is 6.54 Å². The molecule has 0 aliphatic carbocycles. The summed E-state index contributed by atoms with van der Waals surface area (Å²) >= 11 is 5.01. The zero-order valence-electron chi connectivity index (χ0n) is 17.0. The third-order valence-corrected chi connectivity index (χ3v) is 6.47. The number of carbonyl (C=O) groups excluding carboxylic acids is 1. The lowest BCUT2D eigenvalue weighted by Crippen LogP contribution is -2.34. The summed E-state index contributed by atoms with van der Waals surface area (Å²) in [6, 6.07) is 16.1. The molecule has 0 bridgehead atoms. The molecule has 0 spiro atoms. The molecule has 2 aromatic heterocycles. The maximum atomic E-state index is 12.4. The highest BCUT2D eigenvalue weighted by molar-refractivity contribution is 9.10. The van der Waals surface area contributed by atoms with Crippen LogP contribution in [0.3, 0.4) is 0 Å². The van der Waals surface area contributed by atoms with Crippen molar-refractivity contribution in [2.75, 3.05) is 18.5 Å². The van der Waals surface area contributed by atoms with Crippen molar-refractivity contribution in [2.24, 2.45) is 0 Å². The second-order valence-corrected chi connectivity index (χ2v) is 9.14. The fourth-order valence-electron chi connectivity index (χ4n) is 3.21. The molecule has 2 aromatic carbocycles. The molecule has 6 nitrogen and oxygen atoms in total. The Labute approximate surface area is 187 Å². The Morgan fingerprint density at radius 2 is 2.00 bits per heavy atom. The van der Waals surface area contributed by atoms with Gasteiger partial charge in [0.25, 0.3) is 0 Å². The summed E-state index contributed by atoms with van der Waals surface area (Å²) in [7, 11) is 1.89. The van der Waals surface area contributed by atoms with Gasteiger partial charge in [-0.15, -0.1) is 0 Å². The third-order valence-electron chi connectivity index (χ3n) is 4.71. The summed E-state index contributed by atoms with van der Waals surface area (Å²) in [5, 5.41) is 8.42. The largest absolute Gasteiger partial charge is 0.350 e. The van der Waals surface area contributed by atoms with Crippen LogP contribution in [-0.4, -0.2) is 34.3 Å². The molecule has 0 saturated heterocycles. The first-order valence-corrected chi connectivity index (χ1v) is 11.2. The van der Waals surface area contributed by atoms with E-state index in [1.165, 1.54) is 5.56 Å². The molecule has 0 aliphatic heterocycles. The second kappa shape index (κ2) is 8.57. The first kappa shape index (κ1) is 20.6. The fourth-order valence-corrected chi connectivity index (χ4v) is 4.61. The highest BCUT2D eigenvalue weighted by Crippen LogP contribution is 2.32. The molecular formula is C22H22BrN5OS. The Balaban J connectivity index is 1.49. The van der Waals surface area contributed by atoms with Crippen LogP contribution in [-0.2, 0) is 11.3 Å². The van der Waals surface area contributed by atoms with Crippen LogP contribution in [0.2, 0.25) is 0 Å². The molecule has 154 valence electrons. The summed E-state index contributed by atoms with van der Waals surface area (Å²) in [6.07, 6.45) is 0. The summed E-state index contributed by atoms with van der Waals surface area (Å²) in [4.78, 5) is 19.1. The van der Waals surface area contributed by atoms with Crippen LogP contribution < -0.4 is 10.2 Å². The van der Waals surface area contributed by atoms with Crippen molar-refractivity contribution in [3.63, 3.8) is 0 Å². The number of carbonyl (C=O) groups is 1. The van der Waals surface area contributed by atoms with Gasteiger partial charge in [0, 0.05) is 18.1 Å². The summed E-state index contributed by atoms with van der Waals surface area (Å²) in [5.74, 6) is -0.0474. The van der Waals surface area contributed by atoms with Crippen LogP contribution in [0.1, 0.15) is 16.8 Å². The van der Waals surface area contributed by atoms with Gasteiger partial charge in [0.05, 0.1) is 22.6 Å². The van der Waals surface area contributed by atoms with Crippen molar-refractivity contribution >= 4 is 48.7 Å². The zero-order chi connectivity index (χ0) is 21.3. The van der Waals surface area contributed by atoms with Crippen molar-refractivity contribution in [2.45, 2.75) is 20.4 Å². The fraction of sp³-hybridized carbons (Fsp3) is 0.227. The number of amides is 1. The number of nitrogens with zero attached hydrogens (tertiary/aromatic N) is 4. The van der Waals surface area contributed by atoms with E-state index in [0.717, 1.165) is 36.9 Å². The first-order valence-electron chi connectivity index (χ1n) is 9.56. The van der Waals surface area contributed by atoms with Crippen molar-refractivity contribution in [3.05, 3.63) is 69.8 Å². The van der Waals surface area contributed by atoms with E-state index in [4.69, 9.17) is 4.98 Å². The molecule has 8 heteroatoms. The van der Waals surface area contributed by atoms with E-state index in [-0.39, 0.29) is 12.5 Å². The van der Waals surface area contributed by atoms with E-state index in [1.54, 1.807) is 11.3 Å². The monoisotopic (exact) mass is 483 g/mol. The van der Waals surface area contributed by atoms with Crippen LogP contribution in [0, 0.1) is 13.8 Å². The number of anilines is 1. The van der Waals surface area contributed by atoms with Crippen molar-refractivity contribution in [3.8, 4) is 5.69 Å². The van der Waals surface area contributed by atoms with Gasteiger partial charge in [-0.2, -0.15) is 10.1 Å². The molecule has 0 fully saturated rings. The Bertz CT molecular complexity index is 1220. The first-order chi connectivity index (χ1) is 14.4. The maximum Gasteiger partial charge on any atom is 0.239 e. The molecule has 0 aliphatic rings. The SMILES string of the molecule is Cc1cccc(-n2nc(C)c3sc(N(C)CC(=O)NCc4cccc(Br)c4)nc32)c1. The Morgan fingerprint density at radius 3 is 2.77 bits per heavy atom. The van der Waals surface area contributed by atoms with E-state index in [2.05, 4.69) is 45.4 Å². The van der Waals surface area contributed by atoms with Crippen molar-refractivity contribution in [1.29, 1.82) is 0 Å². The minimum absolute atomic E-state index is 0.0474. The predicted octanol–water partition coefficient (Wildman–Crippen LogP) is 4.61. The average Bonchev–Trinajstić information content (AvgIpc) is 3.27. The minimum Gasteiger partial charge on any atom is -0.350 e. The number of rotatable bonds is 6. The van der Waals surface area contributed by atoms with Gasteiger partial charge in [-0.3, -0.25) is 4.79 Å². The van der Waals surface area contributed by atoms with Crippen LogP contribution in [0.25, 0.3) is 16.0 Å². The molecule has 0 radical (unpaired) electrons. The molecule has 4 rings (SSSR count). The van der Waals surface area contributed by atoms with Gasteiger partial charge in [-0.05, 0) is 49.2 Å². The highest BCUT2D eigenvalue weighted by Gasteiger charge is 2.18. The molecule has 4 aromatic rings. The highest BCUT2D eigenvalue weighted by atomic mass is 79.9. The molecule has 0 atom stereocenters. The number of hydrogen-bond donors (Lipinski definition) is 1. The molecule has 2 heterocycles. The predicted molar refractivity (Wildman–Crippen MR) is 125 cm³/mol. The van der Waals surface area contributed by atoms with Crippen LogP contribution in [0.15, 0.2) is 53.0 Å². The Hall–Kier alpha value is -2.71. The van der Waals surface area contributed by atoms with Gasteiger partial charge in [-0.25, -0.2) is 4.68 Å². The standard InChI is InChI=1S/C22H22BrN5OS/c1-14-6-4-9-18(10-14)28-21-20(15(2)26-28)30-22(25-21)27(3)13-19(29)24-12-16-7-5-8-17(23)11-16/h4-11H,12-13H2,1-3H3,(H,24,29). The van der Waals surface area contributed by atoms with E-state index in [9.17, 15) is 4.79 Å². The Morgan fingerprint density at radius 1 is 1.20 bits per heavy atom. The van der Waals surface area contributed by atoms with E-state index in [1.807, 2.05) is 60.0 Å². The number of fused-ring (bicyclic) bond motifs is 1. The third kappa shape index (κ3) is 4.39. The van der Waals surface area contributed by atoms with E-state index < -0.39 is 0 Å². The number of benzene rings is 2. The zero-order valence-corrected chi connectivity index (χ0v) is 19.4. The molecule has 0 saturated carbocycles. The van der Waals surface area contributed by atoms with Crippen LogP contribution in [0.4, 0.5) is 5.13 Å². The van der Waals surface area contributed by atoms with Gasteiger partial charge in [0.15, 0.2) is 10.8 Å². The normalized spacial score (nSPS) is 11.1. The van der Waals surface area contributed by atoms with Crippen LogP contribution in [0.5, 0.6) is 0 Å².